The van der Waals surface area contributed by atoms with Crippen LogP contribution in [0.25, 0.3) is 0 Å². The molecule has 144 valence electrons. The quantitative estimate of drug-likeness (QED) is 0.807. The summed E-state index contributed by atoms with van der Waals surface area (Å²) in [5.74, 6) is 0.809. The van der Waals surface area contributed by atoms with Crippen LogP contribution < -0.4 is 9.61 Å². The Balaban J connectivity index is 1.37. The van der Waals surface area contributed by atoms with Gasteiger partial charge in [-0.3, -0.25) is 19.1 Å². The zero-order valence-electron chi connectivity index (χ0n) is 15.6. The van der Waals surface area contributed by atoms with E-state index in [9.17, 15) is 9.59 Å². The number of carbonyl (C=O) groups excluding carboxylic acids is 1. The number of carbonyl (C=O) groups is 1. The molecule has 2 aromatic rings. The van der Waals surface area contributed by atoms with Crippen LogP contribution in [0.2, 0.25) is 0 Å². The fourth-order valence-electron chi connectivity index (χ4n) is 3.88. The molecule has 1 aliphatic carbocycles. The lowest BCUT2D eigenvalue weighted by Gasteiger charge is -2.35. The van der Waals surface area contributed by atoms with Crippen LogP contribution in [0.4, 0.5) is 0 Å². The molecule has 0 bridgehead atoms. The van der Waals surface area contributed by atoms with E-state index in [0.717, 1.165) is 31.7 Å². The molecule has 2 aliphatic rings. The zero-order chi connectivity index (χ0) is 18.8. The van der Waals surface area contributed by atoms with Gasteiger partial charge in [-0.2, -0.15) is 0 Å². The van der Waals surface area contributed by atoms with Gasteiger partial charge >= 0.3 is 4.87 Å². The molecule has 1 saturated heterocycles. The van der Waals surface area contributed by atoms with Gasteiger partial charge in [0.1, 0.15) is 5.75 Å². The average Bonchev–Trinajstić information content (AvgIpc) is 3.03. The molecule has 0 unspecified atom stereocenters. The number of hydrogen-bond donors (Lipinski definition) is 0. The van der Waals surface area contributed by atoms with Crippen molar-refractivity contribution in [3.8, 4) is 5.75 Å². The van der Waals surface area contributed by atoms with E-state index in [1.807, 2.05) is 33.7 Å². The maximum absolute atomic E-state index is 12.7. The molecule has 1 aliphatic heterocycles. The number of rotatable bonds is 4. The van der Waals surface area contributed by atoms with Crippen molar-refractivity contribution in [2.75, 3.05) is 33.3 Å². The summed E-state index contributed by atoms with van der Waals surface area (Å²) in [6, 6.07) is 7.25. The molecule has 4 rings (SSSR count). The highest BCUT2D eigenvalue weighted by Crippen LogP contribution is 2.24. The molecule has 2 heterocycles. The highest BCUT2D eigenvalue weighted by atomic mass is 32.1. The summed E-state index contributed by atoms with van der Waals surface area (Å²) in [5.41, 5.74) is 1.93. The number of amides is 1. The van der Waals surface area contributed by atoms with E-state index in [4.69, 9.17) is 4.74 Å². The van der Waals surface area contributed by atoms with E-state index in [0.29, 0.717) is 25.3 Å². The Morgan fingerprint density at radius 1 is 1.07 bits per heavy atom. The third kappa shape index (κ3) is 3.80. The van der Waals surface area contributed by atoms with E-state index in [1.54, 1.807) is 7.11 Å². The van der Waals surface area contributed by atoms with E-state index in [2.05, 4.69) is 4.90 Å². The molecule has 1 amide bonds. The van der Waals surface area contributed by atoms with Crippen LogP contribution in [0.5, 0.6) is 5.75 Å². The maximum atomic E-state index is 12.7. The number of aryl methyl sites for hydroxylation is 1. The van der Waals surface area contributed by atoms with Crippen LogP contribution in [-0.2, 0) is 19.5 Å². The van der Waals surface area contributed by atoms with Crippen molar-refractivity contribution in [2.24, 2.45) is 0 Å². The predicted octanol–water partition coefficient (Wildman–Crippen LogP) is 2.21. The van der Waals surface area contributed by atoms with Gasteiger partial charge in [0.05, 0.1) is 13.8 Å². The van der Waals surface area contributed by atoms with Gasteiger partial charge < -0.3 is 9.64 Å². The van der Waals surface area contributed by atoms with Crippen LogP contribution in [0, 0.1) is 0 Å². The van der Waals surface area contributed by atoms with Gasteiger partial charge in [0, 0.05) is 42.3 Å². The molecular formula is C20H25N3O3S. The Morgan fingerprint density at radius 3 is 2.48 bits per heavy atom. The fraction of sp³-hybridized carbons (Fsp3) is 0.500. The molecule has 0 atom stereocenters. The molecule has 6 nitrogen and oxygen atoms in total. The first-order valence-corrected chi connectivity index (χ1v) is 10.3. The summed E-state index contributed by atoms with van der Waals surface area (Å²) >= 11 is 1.42. The third-order valence-corrected chi connectivity index (χ3v) is 6.57. The minimum atomic E-state index is 0.0578. The van der Waals surface area contributed by atoms with Crippen molar-refractivity contribution in [3.63, 3.8) is 0 Å². The van der Waals surface area contributed by atoms with Crippen LogP contribution in [0.15, 0.2) is 29.1 Å². The predicted molar refractivity (Wildman–Crippen MR) is 106 cm³/mol. The monoisotopic (exact) mass is 387 g/mol. The number of piperazine rings is 1. The summed E-state index contributed by atoms with van der Waals surface area (Å²) in [5, 5.41) is 0. The Bertz CT molecular complexity index is 864. The van der Waals surface area contributed by atoms with Gasteiger partial charge in [-0.25, -0.2) is 0 Å². The normalized spacial score (nSPS) is 17.6. The topological polar surface area (TPSA) is 54.8 Å². The molecule has 27 heavy (non-hydrogen) atoms. The molecule has 1 fully saturated rings. The maximum Gasteiger partial charge on any atom is 0.308 e. The lowest BCUT2D eigenvalue weighted by molar-refractivity contribution is 0.0591. The van der Waals surface area contributed by atoms with Crippen molar-refractivity contribution < 1.29 is 9.53 Å². The van der Waals surface area contributed by atoms with Crippen molar-refractivity contribution in [1.82, 2.24) is 14.4 Å². The van der Waals surface area contributed by atoms with E-state index >= 15 is 0 Å². The van der Waals surface area contributed by atoms with Crippen LogP contribution in [0.3, 0.4) is 0 Å². The highest BCUT2D eigenvalue weighted by molar-refractivity contribution is 7.09. The van der Waals surface area contributed by atoms with Gasteiger partial charge in [0.2, 0.25) is 0 Å². The van der Waals surface area contributed by atoms with Crippen molar-refractivity contribution in [2.45, 2.75) is 32.4 Å². The smallest absolute Gasteiger partial charge is 0.308 e. The number of methoxy groups -OCH3 is 1. The number of thiazole rings is 1. The summed E-state index contributed by atoms with van der Waals surface area (Å²) < 4.78 is 7.11. The number of aromatic nitrogens is 1. The SMILES string of the molecule is COc1ccc(C(=O)N2CCN(Cn3c4c(sc3=O)CCCC4)CC2)cc1. The average molecular weight is 388 g/mol. The lowest BCUT2D eigenvalue weighted by Crippen LogP contribution is -2.49. The van der Waals surface area contributed by atoms with E-state index in [1.165, 1.54) is 34.7 Å². The molecule has 0 N–H and O–H groups in total. The third-order valence-electron chi connectivity index (χ3n) is 5.48. The van der Waals surface area contributed by atoms with Crippen molar-refractivity contribution >= 4 is 17.2 Å². The Labute approximate surface area is 163 Å². The number of ether oxygens (including phenoxy) is 1. The largest absolute Gasteiger partial charge is 0.497 e. The first kappa shape index (κ1) is 18.3. The summed E-state index contributed by atoms with van der Waals surface area (Å²) in [6.07, 6.45) is 4.43. The molecule has 0 radical (unpaired) electrons. The first-order chi connectivity index (χ1) is 13.2. The minimum absolute atomic E-state index is 0.0578. The second-order valence-electron chi connectivity index (χ2n) is 7.15. The molecule has 0 saturated carbocycles. The molecule has 1 aromatic heterocycles. The van der Waals surface area contributed by atoms with Crippen LogP contribution >= 0.6 is 11.3 Å². The molecule has 0 spiro atoms. The summed E-state index contributed by atoms with van der Waals surface area (Å²) in [4.78, 5) is 30.7. The van der Waals surface area contributed by atoms with Crippen molar-refractivity contribution in [3.05, 3.63) is 50.1 Å². The second kappa shape index (κ2) is 7.86. The van der Waals surface area contributed by atoms with Crippen LogP contribution in [0.1, 0.15) is 33.8 Å². The molecule has 7 heteroatoms. The number of benzene rings is 1. The number of hydrogen-bond acceptors (Lipinski definition) is 5. The summed E-state index contributed by atoms with van der Waals surface area (Å²) in [7, 11) is 1.62. The van der Waals surface area contributed by atoms with Gasteiger partial charge in [0.15, 0.2) is 0 Å². The second-order valence-corrected chi connectivity index (χ2v) is 8.20. The Kier molecular flexibility index (Phi) is 5.31. The van der Waals surface area contributed by atoms with Gasteiger partial charge in [0.25, 0.3) is 5.91 Å². The Morgan fingerprint density at radius 2 is 1.78 bits per heavy atom. The fourth-order valence-corrected chi connectivity index (χ4v) is 4.94. The van der Waals surface area contributed by atoms with E-state index < -0.39 is 0 Å². The molecule has 1 aromatic carbocycles. The lowest BCUT2D eigenvalue weighted by atomic mass is 10.0. The highest BCUT2D eigenvalue weighted by Gasteiger charge is 2.24. The zero-order valence-corrected chi connectivity index (χ0v) is 16.5. The Hall–Kier alpha value is -2.12. The van der Waals surface area contributed by atoms with E-state index in [-0.39, 0.29) is 10.8 Å². The standard InChI is InChI=1S/C20H25N3O3S/c1-26-16-8-6-15(7-9-16)19(24)22-12-10-21(11-13-22)14-23-17-4-2-3-5-18(17)27-20(23)25/h6-9H,2-5,10-14H2,1H3. The minimum Gasteiger partial charge on any atom is -0.497 e. The first-order valence-electron chi connectivity index (χ1n) is 9.53. The van der Waals surface area contributed by atoms with Gasteiger partial charge in [-0.15, -0.1) is 0 Å². The van der Waals surface area contributed by atoms with Gasteiger partial charge in [-0.1, -0.05) is 11.3 Å². The van der Waals surface area contributed by atoms with Gasteiger partial charge in [-0.05, 0) is 49.9 Å². The molecular weight excluding hydrogens is 362 g/mol. The van der Waals surface area contributed by atoms with Crippen molar-refractivity contribution in [1.29, 1.82) is 0 Å². The van der Waals surface area contributed by atoms with Crippen LogP contribution in [-0.4, -0.2) is 53.6 Å². The number of nitrogens with zero attached hydrogens (tertiary/aromatic N) is 3. The summed E-state index contributed by atoms with van der Waals surface area (Å²) in [6.45, 7) is 3.60. The number of fused-ring (bicyclic) bond motifs is 1.